The van der Waals surface area contributed by atoms with Crippen molar-refractivity contribution >= 4 is 17.0 Å². The fourth-order valence-corrected chi connectivity index (χ4v) is 3.61. The van der Waals surface area contributed by atoms with Crippen LogP contribution in [0.2, 0.25) is 0 Å². The van der Waals surface area contributed by atoms with E-state index in [0.29, 0.717) is 24.6 Å². The number of aryl methyl sites for hydroxylation is 1. The molecular weight excluding hydrogens is 352 g/mol. The van der Waals surface area contributed by atoms with Crippen molar-refractivity contribution in [1.29, 1.82) is 0 Å². The average Bonchev–Trinajstić information content (AvgIpc) is 2.98. The predicted molar refractivity (Wildman–Crippen MR) is 111 cm³/mol. The maximum Gasteiger partial charge on any atom is 0.331 e. The van der Waals surface area contributed by atoms with Crippen LogP contribution in [0.15, 0.2) is 35.1 Å². The second kappa shape index (κ2) is 7.87. The highest BCUT2D eigenvalue weighted by molar-refractivity contribution is 5.85. The lowest BCUT2D eigenvalue weighted by Crippen LogP contribution is -2.44. The number of piperazine rings is 1. The fourth-order valence-electron chi connectivity index (χ4n) is 3.61. The maximum absolute atomic E-state index is 13.3. The van der Waals surface area contributed by atoms with Crippen LogP contribution in [-0.4, -0.2) is 45.3 Å². The number of anilines is 1. The molecule has 0 unspecified atom stereocenters. The Bertz CT molecular complexity index is 1100. The average molecular weight is 376 g/mol. The van der Waals surface area contributed by atoms with E-state index < -0.39 is 0 Å². The van der Waals surface area contributed by atoms with Gasteiger partial charge >= 0.3 is 5.69 Å². The van der Waals surface area contributed by atoms with Crippen molar-refractivity contribution in [2.45, 2.75) is 26.9 Å². The minimum absolute atomic E-state index is 0.0992. The van der Waals surface area contributed by atoms with Crippen molar-refractivity contribution in [3.8, 4) is 11.8 Å². The zero-order valence-corrected chi connectivity index (χ0v) is 16.3. The molecule has 1 saturated heterocycles. The van der Waals surface area contributed by atoms with Crippen LogP contribution in [0.3, 0.4) is 0 Å². The first-order valence-corrected chi connectivity index (χ1v) is 9.56. The van der Waals surface area contributed by atoms with E-state index in [1.807, 2.05) is 37.3 Å². The van der Waals surface area contributed by atoms with Gasteiger partial charge in [-0.05, 0) is 19.4 Å². The van der Waals surface area contributed by atoms with Gasteiger partial charge in [0, 0.05) is 26.2 Å². The van der Waals surface area contributed by atoms with Crippen molar-refractivity contribution in [3.05, 3.63) is 52.2 Å². The third kappa shape index (κ3) is 3.39. The van der Waals surface area contributed by atoms with Gasteiger partial charge in [0.25, 0.3) is 0 Å². The number of benzene rings is 1. The number of imidazole rings is 1. The van der Waals surface area contributed by atoms with Crippen LogP contribution in [0.1, 0.15) is 18.3 Å². The lowest BCUT2D eigenvalue weighted by Gasteiger charge is -2.29. The second-order valence-electron chi connectivity index (χ2n) is 6.87. The quantitative estimate of drug-likeness (QED) is 0.697. The Balaban J connectivity index is 1.94. The van der Waals surface area contributed by atoms with Gasteiger partial charge in [-0.2, -0.15) is 0 Å². The summed E-state index contributed by atoms with van der Waals surface area (Å²) in [5, 5.41) is 3.36. The van der Waals surface area contributed by atoms with E-state index in [0.717, 1.165) is 43.1 Å². The van der Waals surface area contributed by atoms with Crippen LogP contribution in [-0.2, 0) is 13.1 Å². The second-order valence-corrected chi connectivity index (χ2v) is 6.87. The molecule has 4 rings (SSSR count). The lowest BCUT2D eigenvalue weighted by atomic mass is 10.2. The monoisotopic (exact) mass is 376 g/mol. The summed E-state index contributed by atoms with van der Waals surface area (Å²) in [6.07, 6.45) is 0. The van der Waals surface area contributed by atoms with Gasteiger partial charge in [-0.15, -0.1) is 5.92 Å². The maximum atomic E-state index is 13.3. The molecule has 0 radical (unpaired) electrons. The summed E-state index contributed by atoms with van der Waals surface area (Å²) in [5.74, 6) is 7.42. The molecule has 0 atom stereocenters. The number of nitrogens with zero attached hydrogens (tertiary/aromatic N) is 5. The number of nitrogens with one attached hydrogen (secondary N) is 1. The zero-order chi connectivity index (χ0) is 19.5. The minimum Gasteiger partial charge on any atom is -0.352 e. The highest BCUT2D eigenvalue weighted by Crippen LogP contribution is 2.24. The molecule has 1 fully saturated rings. The van der Waals surface area contributed by atoms with Crippen molar-refractivity contribution in [2.24, 2.45) is 0 Å². The van der Waals surface area contributed by atoms with E-state index in [2.05, 4.69) is 27.0 Å². The molecule has 0 bridgehead atoms. The van der Waals surface area contributed by atoms with Gasteiger partial charge in [0.15, 0.2) is 11.5 Å². The summed E-state index contributed by atoms with van der Waals surface area (Å²) < 4.78 is 3.45. The Morgan fingerprint density at radius 2 is 1.86 bits per heavy atom. The summed E-state index contributed by atoms with van der Waals surface area (Å²) in [5.41, 5.74) is 2.41. The molecule has 7 heteroatoms. The summed E-state index contributed by atoms with van der Waals surface area (Å²) in [4.78, 5) is 24.9. The van der Waals surface area contributed by atoms with Crippen molar-refractivity contribution in [3.63, 3.8) is 0 Å². The molecule has 1 aliphatic heterocycles. The molecule has 2 aromatic heterocycles. The van der Waals surface area contributed by atoms with Gasteiger partial charge in [-0.3, -0.25) is 9.13 Å². The first-order chi connectivity index (χ1) is 13.7. The van der Waals surface area contributed by atoms with Crippen molar-refractivity contribution in [1.82, 2.24) is 24.4 Å². The molecule has 3 aromatic rings. The minimum atomic E-state index is -0.0992. The van der Waals surface area contributed by atoms with Crippen molar-refractivity contribution in [2.75, 3.05) is 31.1 Å². The Hall–Kier alpha value is -3.11. The molecule has 1 aromatic carbocycles. The van der Waals surface area contributed by atoms with E-state index >= 15 is 0 Å². The molecule has 0 amide bonds. The number of fused-ring (bicyclic) bond motifs is 1. The first-order valence-electron chi connectivity index (χ1n) is 9.56. The SMILES string of the molecule is CC#CCn1c(=O)n(Cc2ccccc2)c2nc(C)nc(N3CCNCC3)c21. The Kier molecular flexibility index (Phi) is 5.13. The molecule has 0 aliphatic carbocycles. The molecule has 0 spiro atoms. The number of hydrogen-bond acceptors (Lipinski definition) is 5. The summed E-state index contributed by atoms with van der Waals surface area (Å²) in [6.45, 7) is 7.96. The lowest BCUT2D eigenvalue weighted by molar-refractivity contribution is 0.584. The molecule has 1 aliphatic rings. The molecule has 0 saturated carbocycles. The van der Waals surface area contributed by atoms with Crippen LogP contribution in [0, 0.1) is 18.8 Å². The molecule has 28 heavy (non-hydrogen) atoms. The van der Waals surface area contributed by atoms with Gasteiger partial charge < -0.3 is 10.2 Å². The van der Waals surface area contributed by atoms with Crippen LogP contribution in [0.25, 0.3) is 11.2 Å². The largest absolute Gasteiger partial charge is 0.352 e. The van der Waals surface area contributed by atoms with Gasteiger partial charge in [0.05, 0.1) is 13.1 Å². The summed E-state index contributed by atoms with van der Waals surface area (Å²) in [6, 6.07) is 9.98. The van der Waals surface area contributed by atoms with Gasteiger partial charge in [-0.1, -0.05) is 36.3 Å². The standard InChI is InChI=1S/C21H24N6O/c1-3-4-12-26-18-19(25-13-10-22-11-14-25)23-16(2)24-20(18)27(21(26)28)15-17-8-6-5-7-9-17/h5-9,22H,10-15H2,1-2H3. The van der Waals surface area contributed by atoms with E-state index in [-0.39, 0.29) is 5.69 Å². The molecular formula is C21H24N6O. The third-order valence-corrected chi connectivity index (χ3v) is 4.96. The van der Waals surface area contributed by atoms with Crippen LogP contribution in [0.5, 0.6) is 0 Å². The molecule has 144 valence electrons. The van der Waals surface area contributed by atoms with E-state index in [4.69, 9.17) is 4.98 Å². The van der Waals surface area contributed by atoms with E-state index in [1.165, 1.54) is 0 Å². The smallest absolute Gasteiger partial charge is 0.331 e. The van der Waals surface area contributed by atoms with Crippen LogP contribution < -0.4 is 15.9 Å². The van der Waals surface area contributed by atoms with E-state index in [1.54, 1.807) is 16.1 Å². The fraction of sp³-hybridized carbons (Fsp3) is 0.381. The Morgan fingerprint density at radius 3 is 2.57 bits per heavy atom. The van der Waals surface area contributed by atoms with Gasteiger partial charge in [0.1, 0.15) is 11.3 Å². The third-order valence-electron chi connectivity index (χ3n) is 4.96. The van der Waals surface area contributed by atoms with Gasteiger partial charge in [-0.25, -0.2) is 14.8 Å². The normalized spacial score (nSPS) is 14.1. The van der Waals surface area contributed by atoms with Gasteiger partial charge in [0.2, 0.25) is 0 Å². The first kappa shape index (κ1) is 18.3. The Morgan fingerprint density at radius 1 is 1.11 bits per heavy atom. The molecule has 1 N–H and O–H groups in total. The predicted octanol–water partition coefficient (Wildman–Crippen LogP) is 1.38. The molecule has 3 heterocycles. The topological polar surface area (TPSA) is 68.0 Å². The number of hydrogen-bond donors (Lipinski definition) is 1. The highest BCUT2D eigenvalue weighted by atomic mass is 16.1. The molecule has 7 nitrogen and oxygen atoms in total. The zero-order valence-electron chi connectivity index (χ0n) is 16.3. The van der Waals surface area contributed by atoms with Crippen LogP contribution in [0.4, 0.5) is 5.82 Å². The van der Waals surface area contributed by atoms with E-state index in [9.17, 15) is 4.79 Å². The number of aromatic nitrogens is 4. The number of rotatable bonds is 4. The summed E-state index contributed by atoms with van der Waals surface area (Å²) >= 11 is 0. The highest BCUT2D eigenvalue weighted by Gasteiger charge is 2.23. The van der Waals surface area contributed by atoms with Crippen molar-refractivity contribution < 1.29 is 0 Å². The van der Waals surface area contributed by atoms with Crippen LogP contribution >= 0.6 is 0 Å². The Labute approximate surface area is 164 Å². The summed E-state index contributed by atoms with van der Waals surface area (Å²) in [7, 11) is 0.